The lowest BCUT2D eigenvalue weighted by atomic mass is 10.1. The lowest BCUT2D eigenvalue weighted by Crippen LogP contribution is -2.36. The largest absolute Gasteiger partial charge is 0.444 e. The SMILES string of the molecule is COCC(CCCNC(=O)OC(C)(C)C)NCCCC(N)=O. The third-order valence-corrected chi connectivity index (χ3v) is 2.80. The van der Waals surface area contributed by atoms with Crippen molar-refractivity contribution >= 4 is 12.0 Å². The van der Waals surface area contributed by atoms with Crippen molar-refractivity contribution < 1.29 is 19.1 Å². The summed E-state index contributed by atoms with van der Waals surface area (Å²) in [6.45, 7) is 7.35. The minimum Gasteiger partial charge on any atom is -0.444 e. The summed E-state index contributed by atoms with van der Waals surface area (Å²) in [5, 5.41) is 6.05. The Kier molecular flexibility index (Phi) is 10.6. The van der Waals surface area contributed by atoms with Crippen molar-refractivity contribution in [2.75, 3.05) is 26.8 Å². The summed E-state index contributed by atoms with van der Waals surface area (Å²) >= 11 is 0. The fourth-order valence-corrected chi connectivity index (χ4v) is 1.87. The number of methoxy groups -OCH3 is 1. The minimum absolute atomic E-state index is 0.193. The van der Waals surface area contributed by atoms with Crippen molar-refractivity contribution in [3.63, 3.8) is 0 Å². The summed E-state index contributed by atoms with van der Waals surface area (Å²) in [5.41, 5.74) is 4.61. The van der Waals surface area contributed by atoms with Gasteiger partial charge in [-0.2, -0.15) is 0 Å². The Morgan fingerprint density at radius 2 is 1.86 bits per heavy atom. The van der Waals surface area contributed by atoms with Gasteiger partial charge in [-0.25, -0.2) is 4.79 Å². The number of carbonyl (C=O) groups excluding carboxylic acids is 2. The number of amides is 2. The average Bonchev–Trinajstić information content (AvgIpc) is 2.37. The number of nitrogens with one attached hydrogen (secondary N) is 2. The first kappa shape index (κ1) is 20.7. The van der Waals surface area contributed by atoms with Crippen LogP contribution in [0.3, 0.4) is 0 Å². The van der Waals surface area contributed by atoms with E-state index in [2.05, 4.69) is 10.6 Å². The number of primary amides is 1. The van der Waals surface area contributed by atoms with Gasteiger partial charge in [0.2, 0.25) is 5.91 Å². The number of ether oxygens (including phenoxy) is 2. The van der Waals surface area contributed by atoms with Crippen LogP contribution in [0.15, 0.2) is 0 Å². The Hall–Kier alpha value is -1.34. The van der Waals surface area contributed by atoms with E-state index in [1.54, 1.807) is 7.11 Å². The Morgan fingerprint density at radius 3 is 2.41 bits per heavy atom. The molecule has 7 heteroatoms. The molecule has 0 heterocycles. The molecule has 0 aromatic carbocycles. The average molecular weight is 317 g/mol. The predicted octanol–water partition coefficient (Wildman–Crippen LogP) is 1.16. The molecule has 0 aromatic heterocycles. The van der Waals surface area contributed by atoms with Crippen molar-refractivity contribution in [2.24, 2.45) is 5.73 Å². The zero-order chi connectivity index (χ0) is 17.0. The van der Waals surface area contributed by atoms with Gasteiger partial charge in [0.05, 0.1) is 6.61 Å². The zero-order valence-corrected chi connectivity index (χ0v) is 14.2. The van der Waals surface area contributed by atoms with Gasteiger partial charge in [-0.1, -0.05) is 0 Å². The third-order valence-electron chi connectivity index (χ3n) is 2.80. The monoisotopic (exact) mass is 317 g/mol. The van der Waals surface area contributed by atoms with E-state index in [-0.39, 0.29) is 11.9 Å². The molecule has 22 heavy (non-hydrogen) atoms. The smallest absolute Gasteiger partial charge is 0.407 e. The molecule has 0 bridgehead atoms. The molecule has 2 amide bonds. The summed E-state index contributed by atoms with van der Waals surface area (Å²) in [6, 6.07) is 0.193. The van der Waals surface area contributed by atoms with Crippen molar-refractivity contribution in [1.82, 2.24) is 10.6 Å². The van der Waals surface area contributed by atoms with Gasteiger partial charge >= 0.3 is 6.09 Å². The van der Waals surface area contributed by atoms with Crippen molar-refractivity contribution in [1.29, 1.82) is 0 Å². The van der Waals surface area contributed by atoms with E-state index < -0.39 is 11.7 Å². The molecular formula is C15H31N3O4. The molecule has 0 aliphatic rings. The molecule has 4 N–H and O–H groups in total. The third kappa shape index (κ3) is 13.6. The van der Waals surface area contributed by atoms with Gasteiger partial charge in [0.1, 0.15) is 5.60 Å². The molecule has 1 atom stereocenters. The summed E-state index contributed by atoms with van der Waals surface area (Å²) < 4.78 is 10.3. The van der Waals surface area contributed by atoms with Crippen molar-refractivity contribution in [3.05, 3.63) is 0 Å². The fourth-order valence-electron chi connectivity index (χ4n) is 1.87. The van der Waals surface area contributed by atoms with E-state index in [1.807, 2.05) is 20.8 Å². The van der Waals surface area contributed by atoms with E-state index >= 15 is 0 Å². The quantitative estimate of drug-likeness (QED) is 0.496. The second kappa shape index (κ2) is 11.3. The number of hydrogen-bond donors (Lipinski definition) is 3. The molecule has 0 spiro atoms. The highest BCUT2D eigenvalue weighted by Gasteiger charge is 2.15. The van der Waals surface area contributed by atoms with Gasteiger partial charge in [-0.05, 0) is 46.6 Å². The van der Waals surface area contributed by atoms with Crippen LogP contribution in [0.1, 0.15) is 46.5 Å². The maximum absolute atomic E-state index is 11.5. The van der Waals surface area contributed by atoms with Crippen LogP contribution < -0.4 is 16.4 Å². The lowest BCUT2D eigenvalue weighted by molar-refractivity contribution is -0.118. The Balaban J connectivity index is 3.81. The van der Waals surface area contributed by atoms with Crippen LogP contribution in [-0.2, 0) is 14.3 Å². The van der Waals surface area contributed by atoms with Gasteiger partial charge in [-0.3, -0.25) is 4.79 Å². The lowest BCUT2D eigenvalue weighted by Gasteiger charge is -2.20. The van der Waals surface area contributed by atoms with Gasteiger partial charge in [0.25, 0.3) is 0 Å². The standard InChI is InChI=1S/C15H31N3O4/c1-15(2,3)22-14(20)18-10-5-7-12(11-21-4)17-9-6-8-13(16)19/h12,17H,5-11H2,1-4H3,(H2,16,19)(H,18,20). The fraction of sp³-hybridized carbons (Fsp3) is 0.867. The molecule has 0 aliphatic carbocycles. The molecule has 0 aliphatic heterocycles. The Morgan fingerprint density at radius 1 is 1.18 bits per heavy atom. The van der Waals surface area contributed by atoms with Crippen LogP contribution in [0.5, 0.6) is 0 Å². The minimum atomic E-state index is -0.481. The van der Waals surface area contributed by atoms with Gasteiger partial charge in [0, 0.05) is 26.1 Å². The topological polar surface area (TPSA) is 103 Å². The zero-order valence-electron chi connectivity index (χ0n) is 14.2. The molecule has 1 unspecified atom stereocenters. The predicted molar refractivity (Wildman–Crippen MR) is 85.6 cm³/mol. The summed E-state index contributed by atoms with van der Waals surface area (Å²) in [4.78, 5) is 22.1. The second-order valence-electron chi connectivity index (χ2n) is 6.25. The van der Waals surface area contributed by atoms with Crippen LogP contribution in [0.2, 0.25) is 0 Å². The van der Waals surface area contributed by atoms with E-state index in [1.165, 1.54) is 0 Å². The Bertz CT molecular complexity index is 329. The first-order valence-corrected chi connectivity index (χ1v) is 7.72. The molecule has 0 saturated heterocycles. The highest BCUT2D eigenvalue weighted by Crippen LogP contribution is 2.06. The van der Waals surface area contributed by atoms with Crippen molar-refractivity contribution in [3.8, 4) is 0 Å². The van der Waals surface area contributed by atoms with Crippen molar-refractivity contribution in [2.45, 2.75) is 58.1 Å². The van der Waals surface area contributed by atoms with E-state index in [9.17, 15) is 9.59 Å². The highest BCUT2D eigenvalue weighted by molar-refractivity contribution is 5.73. The first-order chi connectivity index (χ1) is 10.2. The van der Waals surface area contributed by atoms with Crippen LogP contribution >= 0.6 is 0 Å². The molecule has 130 valence electrons. The molecular weight excluding hydrogens is 286 g/mol. The van der Waals surface area contributed by atoms with E-state index in [0.717, 1.165) is 19.4 Å². The number of alkyl carbamates (subject to hydrolysis) is 1. The summed E-state index contributed by atoms with van der Waals surface area (Å²) in [7, 11) is 1.65. The number of carbonyl (C=O) groups is 2. The van der Waals surface area contributed by atoms with Gasteiger partial charge in [-0.15, -0.1) is 0 Å². The van der Waals surface area contributed by atoms with E-state index in [0.29, 0.717) is 26.0 Å². The second-order valence-corrected chi connectivity index (χ2v) is 6.25. The first-order valence-electron chi connectivity index (χ1n) is 7.72. The van der Waals surface area contributed by atoms with E-state index in [4.69, 9.17) is 15.2 Å². The molecule has 0 saturated carbocycles. The molecule has 0 rings (SSSR count). The Labute approximate surface area is 133 Å². The van der Waals surface area contributed by atoms with Crippen LogP contribution in [0, 0.1) is 0 Å². The molecule has 0 aromatic rings. The highest BCUT2D eigenvalue weighted by atomic mass is 16.6. The molecule has 7 nitrogen and oxygen atoms in total. The maximum Gasteiger partial charge on any atom is 0.407 e. The number of nitrogens with two attached hydrogens (primary N) is 1. The molecule has 0 fully saturated rings. The van der Waals surface area contributed by atoms with Gasteiger partial charge < -0.3 is 25.8 Å². The van der Waals surface area contributed by atoms with Gasteiger partial charge in [0.15, 0.2) is 0 Å². The number of hydrogen-bond acceptors (Lipinski definition) is 5. The summed E-state index contributed by atoms with van der Waals surface area (Å²) in [5.74, 6) is -0.286. The normalized spacial score (nSPS) is 12.7. The van der Waals surface area contributed by atoms with Crippen LogP contribution in [-0.4, -0.2) is 50.4 Å². The van der Waals surface area contributed by atoms with Crippen LogP contribution in [0.25, 0.3) is 0 Å². The van der Waals surface area contributed by atoms with Crippen LogP contribution in [0.4, 0.5) is 4.79 Å². The summed E-state index contributed by atoms with van der Waals surface area (Å²) in [6.07, 6.45) is 2.37. The molecule has 0 radical (unpaired) electrons. The maximum atomic E-state index is 11.5. The number of rotatable bonds is 11.